The van der Waals surface area contributed by atoms with Crippen molar-refractivity contribution in [3.8, 4) is 0 Å². The van der Waals surface area contributed by atoms with Gasteiger partial charge in [0.1, 0.15) is 11.3 Å². The number of amides is 2. The average Bonchev–Trinajstić information content (AvgIpc) is 3.56. The van der Waals surface area contributed by atoms with Crippen LogP contribution in [0, 0.1) is 5.92 Å². The number of nitrogens with zero attached hydrogens (tertiary/aromatic N) is 8. The van der Waals surface area contributed by atoms with Crippen LogP contribution in [0.25, 0.3) is 21.9 Å². The summed E-state index contributed by atoms with van der Waals surface area (Å²) in [5.74, 6) is -0.116. The van der Waals surface area contributed by atoms with Crippen LogP contribution in [-0.4, -0.2) is 82.4 Å². The van der Waals surface area contributed by atoms with Crippen molar-refractivity contribution < 1.29 is 19.8 Å². The molecule has 2 saturated heterocycles. The van der Waals surface area contributed by atoms with Gasteiger partial charge in [0.25, 0.3) is 0 Å². The summed E-state index contributed by atoms with van der Waals surface area (Å²) in [7, 11) is 5.43. The molecule has 2 amide bonds. The van der Waals surface area contributed by atoms with Crippen molar-refractivity contribution in [2.24, 2.45) is 20.0 Å². The summed E-state index contributed by atoms with van der Waals surface area (Å²) in [6.45, 7) is 6.18. The lowest BCUT2D eigenvalue weighted by molar-refractivity contribution is -0.127. The number of imidazole rings is 1. The third-order valence-electron chi connectivity index (χ3n) is 10.7. The fraction of sp³-hybridized carbons (Fsp3) is 0.459. The van der Waals surface area contributed by atoms with Gasteiger partial charge in [-0.05, 0) is 69.5 Å². The molecule has 280 valence electrons. The van der Waals surface area contributed by atoms with E-state index in [1.54, 1.807) is 39.6 Å². The molecule has 2 aliphatic heterocycles. The maximum absolute atomic E-state index is 13.9. The Morgan fingerprint density at radius 1 is 1.08 bits per heavy atom. The number of aliphatic hydroxyl groups excluding tert-OH is 1. The van der Waals surface area contributed by atoms with Crippen molar-refractivity contribution >= 4 is 68.5 Å². The molecular formula is C37H45ClN10O5. The number of aliphatic hydroxyl groups is 2. The van der Waals surface area contributed by atoms with E-state index in [4.69, 9.17) is 21.7 Å². The van der Waals surface area contributed by atoms with Gasteiger partial charge in [-0.2, -0.15) is 10.1 Å². The summed E-state index contributed by atoms with van der Waals surface area (Å²) in [5.41, 5.74) is 3.38. The Hall–Kier alpha value is -4.99. The number of anilines is 4. The molecule has 3 aromatic heterocycles. The van der Waals surface area contributed by atoms with Crippen LogP contribution in [0.15, 0.2) is 47.4 Å². The first kappa shape index (κ1) is 36.4. The second kappa shape index (κ2) is 13.8. The number of piperidine rings is 2. The molecule has 53 heavy (non-hydrogen) atoms. The van der Waals surface area contributed by atoms with Gasteiger partial charge in [0.15, 0.2) is 5.82 Å². The average molecular weight is 745 g/mol. The first-order chi connectivity index (χ1) is 25.1. The zero-order chi connectivity index (χ0) is 37.9. The number of aromatic nitrogens is 6. The number of benzene rings is 2. The highest BCUT2D eigenvalue weighted by molar-refractivity contribution is 6.33. The molecule has 0 bridgehead atoms. The Labute approximate surface area is 311 Å². The van der Waals surface area contributed by atoms with Crippen LogP contribution in [-0.2, 0) is 30.2 Å². The molecule has 5 aromatic rings. The molecule has 4 N–H and O–H groups in total. The highest BCUT2D eigenvalue weighted by Gasteiger charge is 2.38. The second-order valence-electron chi connectivity index (χ2n) is 14.9. The Kier molecular flexibility index (Phi) is 9.45. The van der Waals surface area contributed by atoms with Crippen molar-refractivity contribution in [1.29, 1.82) is 0 Å². The fourth-order valence-corrected chi connectivity index (χ4v) is 7.73. The summed E-state index contributed by atoms with van der Waals surface area (Å²) in [5, 5.41) is 32.6. The van der Waals surface area contributed by atoms with E-state index in [1.165, 1.54) is 6.20 Å². The predicted molar refractivity (Wildman–Crippen MR) is 204 cm³/mol. The maximum atomic E-state index is 13.9. The van der Waals surface area contributed by atoms with E-state index in [1.807, 2.05) is 62.3 Å². The zero-order valence-corrected chi connectivity index (χ0v) is 31.4. The molecule has 16 heteroatoms. The van der Waals surface area contributed by atoms with E-state index in [2.05, 4.69) is 15.6 Å². The van der Waals surface area contributed by atoms with Crippen molar-refractivity contribution in [2.45, 2.75) is 76.8 Å². The van der Waals surface area contributed by atoms with Gasteiger partial charge in [-0.1, -0.05) is 18.5 Å². The molecule has 2 unspecified atom stereocenters. The van der Waals surface area contributed by atoms with Gasteiger partial charge in [-0.3, -0.25) is 23.4 Å². The molecule has 2 aromatic carbocycles. The van der Waals surface area contributed by atoms with Crippen LogP contribution < -0.4 is 26.1 Å². The van der Waals surface area contributed by atoms with Gasteiger partial charge < -0.3 is 30.6 Å². The molecule has 0 aliphatic carbocycles. The van der Waals surface area contributed by atoms with E-state index in [0.29, 0.717) is 61.2 Å². The normalized spacial score (nSPS) is 21.0. The Morgan fingerprint density at radius 3 is 2.58 bits per heavy atom. The molecule has 0 saturated carbocycles. The number of nitrogens with one attached hydrogen (secondary N) is 2. The van der Waals surface area contributed by atoms with Crippen LogP contribution in [0.1, 0.15) is 58.1 Å². The minimum absolute atomic E-state index is 0.0284. The maximum Gasteiger partial charge on any atom is 0.328 e. The first-order valence-electron chi connectivity index (χ1n) is 17.8. The topological polar surface area (TPSA) is 176 Å². The molecule has 0 spiro atoms. The fourth-order valence-electron chi connectivity index (χ4n) is 7.59. The molecule has 15 nitrogen and oxygen atoms in total. The third-order valence-corrected chi connectivity index (χ3v) is 11.0. The number of carbonyl (C=O) groups excluding carboxylic acids is 2. The minimum atomic E-state index is -1.00. The number of halogens is 1. The van der Waals surface area contributed by atoms with Gasteiger partial charge in [0, 0.05) is 69.4 Å². The number of rotatable bonds is 9. The molecular weight excluding hydrogens is 700 g/mol. The standard InChI is InChI=1S/C37H45ClN10O5/c1-20-26(13-15-47(34(20)51)22-8-9-23-28(18-22)46(6)43-31(23)24-10-12-30(49)41-33(24)50)44(4)35-39-19-25(38)32(42-35)40-21-7-11-27-29(17-21)48(36(52)45(27)5)16-14-37(2,3)53/h7-9,11,17-20,24,26,33,50,53H,10,12-16H2,1-6H3,(H,41,49)(H,39,40,42)/t20-,24?,26+,33?/m1/s1. The molecule has 2 fully saturated rings. The second-order valence-corrected chi connectivity index (χ2v) is 15.3. The van der Waals surface area contributed by atoms with Gasteiger partial charge in [0.2, 0.25) is 17.8 Å². The lowest BCUT2D eigenvalue weighted by atomic mass is 9.90. The van der Waals surface area contributed by atoms with Crippen LogP contribution in [0.2, 0.25) is 5.02 Å². The zero-order valence-electron chi connectivity index (χ0n) is 30.7. The molecule has 5 heterocycles. The van der Waals surface area contributed by atoms with Crippen molar-refractivity contribution in [1.82, 2.24) is 34.2 Å². The third kappa shape index (κ3) is 6.84. The first-order valence-corrected chi connectivity index (χ1v) is 18.2. The molecule has 4 atom stereocenters. The number of carbonyl (C=O) groups is 2. The largest absolute Gasteiger partial charge is 0.390 e. The highest BCUT2D eigenvalue weighted by Crippen LogP contribution is 2.36. The number of fused-ring (bicyclic) bond motifs is 2. The van der Waals surface area contributed by atoms with Gasteiger partial charge in [-0.25, -0.2) is 9.78 Å². The smallest absolute Gasteiger partial charge is 0.328 e. The van der Waals surface area contributed by atoms with Crippen molar-refractivity contribution in [3.05, 3.63) is 63.8 Å². The van der Waals surface area contributed by atoms with Crippen LogP contribution >= 0.6 is 11.6 Å². The lowest BCUT2D eigenvalue weighted by Crippen LogP contribution is -2.53. The van der Waals surface area contributed by atoms with E-state index in [0.717, 1.165) is 33.3 Å². The number of hydrogen-bond acceptors (Lipinski definition) is 10. The quantitative estimate of drug-likeness (QED) is 0.174. The monoisotopic (exact) mass is 744 g/mol. The summed E-state index contributed by atoms with van der Waals surface area (Å²) in [4.78, 5) is 51.7. The van der Waals surface area contributed by atoms with Gasteiger partial charge >= 0.3 is 5.69 Å². The van der Waals surface area contributed by atoms with Crippen molar-refractivity contribution in [2.75, 3.05) is 28.7 Å². The van der Waals surface area contributed by atoms with E-state index in [9.17, 15) is 24.6 Å². The lowest BCUT2D eigenvalue weighted by Gasteiger charge is -2.40. The number of aryl methyl sites for hydroxylation is 3. The molecule has 0 radical (unpaired) electrons. The Morgan fingerprint density at radius 2 is 1.85 bits per heavy atom. The summed E-state index contributed by atoms with van der Waals surface area (Å²) >= 11 is 6.58. The molecule has 7 rings (SSSR count). The SMILES string of the molecule is C[C@H]1C(=O)N(c2ccc3c(C4CCC(=O)NC4O)nn(C)c3c2)CC[C@@H]1N(C)c1ncc(Cl)c(Nc2ccc3c(c2)n(CCC(C)(C)O)c(=O)n3C)n1. The van der Waals surface area contributed by atoms with Gasteiger partial charge in [-0.15, -0.1) is 0 Å². The van der Waals surface area contributed by atoms with Crippen LogP contribution in [0.5, 0.6) is 0 Å². The van der Waals surface area contributed by atoms with E-state index in [-0.39, 0.29) is 35.4 Å². The Bertz CT molecular complexity index is 2290. The van der Waals surface area contributed by atoms with E-state index >= 15 is 0 Å². The summed E-state index contributed by atoms with van der Waals surface area (Å²) in [6, 6.07) is 11.2. The minimum Gasteiger partial charge on any atom is -0.390 e. The summed E-state index contributed by atoms with van der Waals surface area (Å²) in [6.07, 6.45) is 2.43. The number of hydrogen-bond donors (Lipinski definition) is 4. The van der Waals surface area contributed by atoms with Crippen molar-refractivity contribution in [3.63, 3.8) is 0 Å². The predicted octanol–water partition coefficient (Wildman–Crippen LogP) is 3.76. The summed E-state index contributed by atoms with van der Waals surface area (Å²) < 4.78 is 4.99. The van der Waals surface area contributed by atoms with Crippen LogP contribution in [0.3, 0.4) is 0 Å². The highest BCUT2D eigenvalue weighted by atomic mass is 35.5. The molecule has 2 aliphatic rings. The Balaban J connectivity index is 1.08. The van der Waals surface area contributed by atoms with Crippen LogP contribution in [0.4, 0.5) is 23.1 Å². The van der Waals surface area contributed by atoms with E-state index < -0.39 is 11.8 Å². The van der Waals surface area contributed by atoms with Gasteiger partial charge in [0.05, 0.1) is 40.0 Å².